The molecule has 0 radical (unpaired) electrons. The van der Waals surface area contributed by atoms with Crippen LogP contribution in [-0.2, 0) is 6.54 Å². The molecule has 0 spiro atoms. The molecule has 0 bridgehead atoms. The van der Waals surface area contributed by atoms with Gasteiger partial charge >= 0.3 is 0 Å². The van der Waals surface area contributed by atoms with E-state index in [1.54, 1.807) is 0 Å². The number of hydrogen-bond acceptors (Lipinski definition) is 2. The van der Waals surface area contributed by atoms with Crippen molar-refractivity contribution in [3.8, 4) is 0 Å². The molecule has 1 N–H and O–H groups in total. The van der Waals surface area contributed by atoms with Crippen LogP contribution in [0.4, 0.5) is 8.78 Å². The summed E-state index contributed by atoms with van der Waals surface area (Å²) >= 11 is 0. The molecule has 118 valence electrons. The average Bonchev–Trinajstić information content (AvgIpc) is 2.48. The van der Waals surface area contributed by atoms with Crippen LogP contribution >= 0.6 is 0 Å². The number of benzene rings is 1. The molecule has 1 saturated heterocycles. The monoisotopic (exact) mass is 296 g/mol. The highest BCUT2D eigenvalue weighted by molar-refractivity contribution is 5.18. The highest BCUT2D eigenvalue weighted by atomic mass is 19.1. The van der Waals surface area contributed by atoms with E-state index in [2.05, 4.69) is 24.1 Å². The number of piperidine rings is 1. The van der Waals surface area contributed by atoms with Gasteiger partial charge in [0.2, 0.25) is 0 Å². The fourth-order valence-electron chi connectivity index (χ4n) is 3.14. The van der Waals surface area contributed by atoms with Gasteiger partial charge in [0.25, 0.3) is 0 Å². The van der Waals surface area contributed by atoms with Gasteiger partial charge in [-0.15, -0.1) is 0 Å². The van der Waals surface area contributed by atoms with Gasteiger partial charge in [-0.3, -0.25) is 0 Å². The first-order chi connectivity index (χ1) is 10.1. The topological polar surface area (TPSA) is 15.3 Å². The van der Waals surface area contributed by atoms with Gasteiger partial charge < -0.3 is 10.2 Å². The normalized spacial score (nSPS) is 21.4. The Morgan fingerprint density at radius 1 is 1.38 bits per heavy atom. The summed E-state index contributed by atoms with van der Waals surface area (Å²) in [6.07, 6.45) is 3.62. The molecule has 1 aromatic carbocycles. The molecule has 1 aliphatic heterocycles. The summed E-state index contributed by atoms with van der Waals surface area (Å²) in [6, 6.07) is 3.94. The Hall–Kier alpha value is -1.00. The van der Waals surface area contributed by atoms with Crippen LogP contribution in [0.3, 0.4) is 0 Å². The minimum absolute atomic E-state index is 0.312. The van der Waals surface area contributed by atoms with Crippen molar-refractivity contribution < 1.29 is 8.78 Å². The van der Waals surface area contributed by atoms with E-state index < -0.39 is 0 Å². The second kappa shape index (κ2) is 7.85. The van der Waals surface area contributed by atoms with Crippen LogP contribution in [0.5, 0.6) is 0 Å². The third-order valence-corrected chi connectivity index (χ3v) is 4.41. The third kappa shape index (κ3) is 4.75. The molecule has 4 heteroatoms. The van der Waals surface area contributed by atoms with Gasteiger partial charge in [0.05, 0.1) is 0 Å². The standard InChI is InChI=1S/C17H26F2N2/c1-3-8-21-9-4-5-14(12-21)13(2)20-11-15-10-16(18)6-7-17(15)19/h6-7,10,13-14,20H,3-5,8-9,11-12H2,1-2H3. The summed E-state index contributed by atoms with van der Waals surface area (Å²) in [7, 11) is 0. The summed E-state index contributed by atoms with van der Waals surface area (Å²) in [5, 5.41) is 3.37. The fraction of sp³-hybridized carbons (Fsp3) is 0.647. The van der Waals surface area contributed by atoms with E-state index in [0.29, 0.717) is 24.1 Å². The van der Waals surface area contributed by atoms with Crippen molar-refractivity contribution in [1.29, 1.82) is 0 Å². The van der Waals surface area contributed by atoms with Crippen LogP contribution < -0.4 is 5.32 Å². The highest BCUT2D eigenvalue weighted by Gasteiger charge is 2.24. The van der Waals surface area contributed by atoms with Crippen LogP contribution in [0.1, 0.15) is 38.7 Å². The van der Waals surface area contributed by atoms with E-state index in [-0.39, 0.29) is 11.6 Å². The van der Waals surface area contributed by atoms with Crippen molar-refractivity contribution in [3.63, 3.8) is 0 Å². The molecule has 1 aromatic rings. The maximum absolute atomic E-state index is 13.6. The fourth-order valence-corrected chi connectivity index (χ4v) is 3.14. The van der Waals surface area contributed by atoms with Gasteiger partial charge in [0.15, 0.2) is 0 Å². The minimum atomic E-state index is -0.382. The molecule has 1 fully saturated rings. The van der Waals surface area contributed by atoms with Gasteiger partial charge in [-0.1, -0.05) is 6.92 Å². The molecule has 0 saturated carbocycles. The van der Waals surface area contributed by atoms with E-state index in [0.717, 1.165) is 19.2 Å². The molecule has 1 aliphatic rings. The zero-order valence-electron chi connectivity index (χ0n) is 13.0. The largest absolute Gasteiger partial charge is 0.310 e. The first kappa shape index (κ1) is 16.4. The Balaban J connectivity index is 1.86. The average molecular weight is 296 g/mol. The summed E-state index contributed by atoms with van der Waals surface area (Å²) in [5.41, 5.74) is 0.406. The molecule has 0 amide bonds. The number of likely N-dealkylation sites (tertiary alicyclic amines) is 1. The number of halogens is 2. The number of nitrogens with zero attached hydrogens (tertiary/aromatic N) is 1. The summed E-state index contributed by atoms with van der Waals surface area (Å²) in [5.74, 6) is -0.137. The third-order valence-electron chi connectivity index (χ3n) is 4.41. The Morgan fingerprint density at radius 3 is 2.95 bits per heavy atom. The van der Waals surface area contributed by atoms with Crippen molar-refractivity contribution in [3.05, 3.63) is 35.4 Å². The second-order valence-corrected chi connectivity index (χ2v) is 6.11. The molecule has 1 heterocycles. The maximum atomic E-state index is 13.6. The summed E-state index contributed by atoms with van der Waals surface area (Å²) < 4.78 is 26.8. The van der Waals surface area contributed by atoms with Crippen LogP contribution in [0, 0.1) is 17.6 Å². The molecule has 2 atom stereocenters. The first-order valence-corrected chi connectivity index (χ1v) is 7.99. The zero-order chi connectivity index (χ0) is 15.2. The molecule has 2 unspecified atom stereocenters. The molecule has 21 heavy (non-hydrogen) atoms. The summed E-state index contributed by atoms with van der Waals surface area (Å²) in [4.78, 5) is 2.51. The Bertz CT molecular complexity index is 448. The van der Waals surface area contributed by atoms with E-state index >= 15 is 0 Å². The lowest BCUT2D eigenvalue weighted by atomic mass is 9.91. The first-order valence-electron chi connectivity index (χ1n) is 7.99. The number of hydrogen-bond donors (Lipinski definition) is 1. The molecular weight excluding hydrogens is 270 g/mol. The van der Waals surface area contributed by atoms with Gasteiger partial charge in [-0.2, -0.15) is 0 Å². The van der Waals surface area contributed by atoms with Crippen LogP contribution in [-0.4, -0.2) is 30.6 Å². The van der Waals surface area contributed by atoms with E-state index in [9.17, 15) is 8.78 Å². The zero-order valence-corrected chi connectivity index (χ0v) is 13.0. The molecule has 2 rings (SSSR count). The van der Waals surface area contributed by atoms with Gasteiger partial charge in [-0.25, -0.2) is 8.78 Å². The predicted molar refractivity (Wildman–Crippen MR) is 82.1 cm³/mol. The molecule has 0 aliphatic carbocycles. The molecule has 0 aromatic heterocycles. The van der Waals surface area contributed by atoms with Crippen LogP contribution in [0.2, 0.25) is 0 Å². The molecular formula is C17H26F2N2. The van der Waals surface area contributed by atoms with Gasteiger partial charge in [0, 0.05) is 24.7 Å². The second-order valence-electron chi connectivity index (χ2n) is 6.11. The van der Waals surface area contributed by atoms with E-state index in [4.69, 9.17) is 0 Å². The SMILES string of the molecule is CCCN1CCCC(C(C)NCc2cc(F)ccc2F)C1. The van der Waals surface area contributed by atoms with Gasteiger partial charge in [0.1, 0.15) is 11.6 Å². The lowest BCUT2D eigenvalue weighted by molar-refractivity contribution is 0.150. The summed E-state index contributed by atoms with van der Waals surface area (Å²) in [6.45, 7) is 8.19. The lowest BCUT2D eigenvalue weighted by Gasteiger charge is -2.36. The van der Waals surface area contributed by atoms with Crippen LogP contribution in [0.25, 0.3) is 0 Å². The lowest BCUT2D eigenvalue weighted by Crippen LogP contribution is -2.44. The van der Waals surface area contributed by atoms with Crippen molar-refractivity contribution in [2.45, 2.75) is 45.7 Å². The van der Waals surface area contributed by atoms with E-state index in [1.807, 2.05) is 0 Å². The Kier molecular flexibility index (Phi) is 6.12. The highest BCUT2D eigenvalue weighted by Crippen LogP contribution is 2.20. The maximum Gasteiger partial charge on any atom is 0.127 e. The van der Waals surface area contributed by atoms with E-state index in [1.165, 1.54) is 37.9 Å². The predicted octanol–water partition coefficient (Wildman–Crippen LogP) is 3.56. The Labute approximate surface area is 126 Å². The Morgan fingerprint density at radius 2 is 2.19 bits per heavy atom. The number of rotatable bonds is 6. The minimum Gasteiger partial charge on any atom is -0.310 e. The van der Waals surface area contributed by atoms with Crippen molar-refractivity contribution in [1.82, 2.24) is 10.2 Å². The quantitative estimate of drug-likeness (QED) is 0.863. The number of nitrogens with one attached hydrogen (secondary N) is 1. The van der Waals surface area contributed by atoms with Crippen molar-refractivity contribution >= 4 is 0 Å². The van der Waals surface area contributed by atoms with Crippen LogP contribution in [0.15, 0.2) is 18.2 Å². The van der Waals surface area contributed by atoms with Crippen molar-refractivity contribution in [2.75, 3.05) is 19.6 Å². The smallest absolute Gasteiger partial charge is 0.127 e. The molecule has 2 nitrogen and oxygen atoms in total. The van der Waals surface area contributed by atoms with Crippen molar-refractivity contribution in [2.24, 2.45) is 5.92 Å². The van der Waals surface area contributed by atoms with Gasteiger partial charge in [-0.05, 0) is 63.4 Å².